The number of carbonyl (C=O) groups is 1. The molecule has 7 heteroatoms. The van der Waals surface area contributed by atoms with Crippen LogP contribution in [0.25, 0.3) is 11.4 Å². The molecule has 5 nitrogen and oxygen atoms in total. The van der Waals surface area contributed by atoms with E-state index in [1.54, 1.807) is 12.1 Å². The second-order valence-electron chi connectivity index (χ2n) is 6.25. The smallest absolute Gasteiger partial charge is 0.233 e. The van der Waals surface area contributed by atoms with Crippen LogP contribution in [0.5, 0.6) is 0 Å². The van der Waals surface area contributed by atoms with Crippen LogP contribution in [0.1, 0.15) is 19.8 Å². The van der Waals surface area contributed by atoms with E-state index in [9.17, 15) is 9.18 Å². The number of aromatic nitrogens is 3. The van der Waals surface area contributed by atoms with Crippen LogP contribution in [0.4, 0.5) is 4.39 Å². The number of hydrogen-bond acceptors (Lipinski definition) is 4. The van der Waals surface area contributed by atoms with Crippen molar-refractivity contribution >= 4 is 17.7 Å². The van der Waals surface area contributed by atoms with Crippen LogP contribution < -0.4 is 0 Å². The number of halogens is 1. The zero-order valence-corrected chi connectivity index (χ0v) is 14.7. The maximum atomic E-state index is 13.0. The molecule has 0 saturated carbocycles. The van der Waals surface area contributed by atoms with Gasteiger partial charge in [0.05, 0.1) is 5.75 Å². The fourth-order valence-corrected chi connectivity index (χ4v) is 3.74. The fourth-order valence-electron chi connectivity index (χ4n) is 2.92. The average Bonchev–Trinajstić information content (AvgIpc) is 2.94. The summed E-state index contributed by atoms with van der Waals surface area (Å²) in [5.41, 5.74) is 0.800. The number of hydrogen-bond donors (Lipinski definition) is 0. The molecule has 1 aliphatic rings. The topological polar surface area (TPSA) is 51.0 Å². The van der Waals surface area contributed by atoms with E-state index in [1.807, 2.05) is 16.5 Å². The Morgan fingerprint density at radius 1 is 1.33 bits per heavy atom. The molecule has 1 aromatic heterocycles. The van der Waals surface area contributed by atoms with Crippen LogP contribution >= 0.6 is 11.8 Å². The summed E-state index contributed by atoms with van der Waals surface area (Å²) in [6.07, 6.45) is 2.28. The average molecular weight is 348 g/mol. The lowest BCUT2D eigenvalue weighted by atomic mass is 10.0. The molecule has 0 N–H and O–H groups in total. The molecule has 1 saturated heterocycles. The predicted molar refractivity (Wildman–Crippen MR) is 92.1 cm³/mol. The van der Waals surface area contributed by atoms with E-state index in [1.165, 1.54) is 30.3 Å². The quantitative estimate of drug-likeness (QED) is 0.797. The number of benzene rings is 1. The molecular weight excluding hydrogens is 327 g/mol. The van der Waals surface area contributed by atoms with Crippen molar-refractivity contribution in [1.29, 1.82) is 0 Å². The van der Waals surface area contributed by atoms with Gasteiger partial charge in [0.2, 0.25) is 5.91 Å². The van der Waals surface area contributed by atoms with Crippen LogP contribution in [0.15, 0.2) is 29.4 Å². The van der Waals surface area contributed by atoms with Crippen LogP contribution in [0.2, 0.25) is 0 Å². The van der Waals surface area contributed by atoms with Gasteiger partial charge >= 0.3 is 0 Å². The molecule has 0 unspecified atom stereocenters. The van der Waals surface area contributed by atoms with E-state index in [2.05, 4.69) is 17.1 Å². The number of carbonyl (C=O) groups excluding carboxylic acids is 1. The van der Waals surface area contributed by atoms with E-state index in [0.29, 0.717) is 22.7 Å². The first-order valence-corrected chi connectivity index (χ1v) is 9.09. The van der Waals surface area contributed by atoms with Gasteiger partial charge in [0.25, 0.3) is 0 Å². The van der Waals surface area contributed by atoms with E-state index in [0.717, 1.165) is 25.1 Å². The third kappa shape index (κ3) is 3.77. The Morgan fingerprint density at radius 2 is 2.08 bits per heavy atom. The summed E-state index contributed by atoms with van der Waals surface area (Å²) in [5, 5.41) is 9.01. The summed E-state index contributed by atoms with van der Waals surface area (Å²) in [7, 11) is 1.86. The van der Waals surface area contributed by atoms with E-state index in [4.69, 9.17) is 0 Å². The summed E-state index contributed by atoms with van der Waals surface area (Å²) >= 11 is 1.39. The number of thioether (sulfide) groups is 1. The highest BCUT2D eigenvalue weighted by Crippen LogP contribution is 2.24. The molecule has 1 aromatic carbocycles. The van der Waals surface area contributed by atoms with Gasteiger partial charge in [-0.25, -0.2) is 4.39 Å². The standard InChI is InChI=1S/C17H21FN4OS/c1-12-4-3-9-22(10-12)15(23)11-24-17-20-19-16(21(17)2)13-5-7-14(18)8-6-13/h5-8,12H,3-4,9-11H2,1-2H3/t12-/m1/s1. The van der Waals surface area contributed by atoms with Gasteiger partial charge in [-0.3, -0.25) is 4.79 Å². The van der Waals surface area contributed by atoms with Gasteiger partial charge < -0.3 is 9.47 Å². The zero-order valence-electron chi connectivity index (χ0n) is 13.9. The third-order valence-electron chi connectivity index (χ3n) is 4.27. The lowest BCUT2D eigenvalue weighted by molar-refractivity contribution is -0.130. The first kappa shape index (κ1) is 17.0. The Hall–Kier alpha value is -1.89. The largest absolute Gasteiger partial charge is 0.342 e. The van der Waals surface area contributed by atoms with Crippen molar-refractivity contribution in [2.45, 2.75) is 24.9 Å². The van der Waals surface area contributed by atoms with E-state index < -0.39 is 0 Å². The summed E-state index contributed by atoms with van der Waals surface area (Å²) in [4.78, 5) is 14.3. The van der Waals surface area contributed by atoms with Crippen LogP contribution in [-0.4, -0.2) is 44.4 Å². The van der Waals surface area contributed by atoms with Crippen molar-refractivity contribution in [3.63, 3.8) is 0 Å². The molecular formula is C17H21FN4OS. The highest BCUT2D eigenvalue weighted by molar-refractivity contribution is 7.99. The Bertz CT molecular complexity index is 716. The van der Waals surface area contributed by atoms with Crippen molar-refractivity contribution < 1.29 is 9.18 Å². The highest BCUT2D eigenvalue weighted by Gasteiger charge is 2.21. The molecule has 24 heavy (non-hydrogen) atoms. The van der Waals surface area contributed by atoms with Crippen molar-refractivity contribution in [3.05, 3.63) is 30.1 Å². The van der Waals surface area contributed by atoms with Gasteiger partial charge in [-0.1, -0.05) is 18.7 Å². The second kappa shape index (κ2) is 7.34. The highest BCUT2D eigenvalue weighted by atomic mass is 32.2. The monoisotopic (exact) mass is 348 g/mol. The number of nitrogens with zero attached hydrogens (tertiary/aromatic N) is 4. The first-order chi connectivity index (χ1) is 11.5. The Balaban J connectivity index is 1.64. The second-order valence-corrected chi connectivity index (χ2v) is 7.19. The number of amides is 1. The maximum absolute atomic E-state index is 13.0. The summed E-state index contributed by atoms with van der Waals surface area (Å²) < 4.78 is 14.9. The molecule has 0 aliphatic carbocycles. The van der Waals surface area contributed by atoms with E-state index in [-0.39, 0.29) is 11.7 Å². The van der Waals surface area contributed by atoms with E-state index >= 15 is 0 Å². The van der Waals surface area contributed by atoms with Crippen molar-refractivity contribution in [2.24, 2.45) is 13.0 Å². The Morgan fingerprint density at radius 3 is 2.79 bits per heavy atom. The van der Waals surface area contributed by atoms with Gasteiger partial charge in [0.1, 0.15) is 5.82 Å². The van der Waals surface area contributed by atoms with Crippen LogP contribution in [0, 0.1) is 11.7 Å². The molecule has 1 fully saturated rings. The minimum absolute atomic E-state index is 0.151. The lowest BCUT2D eigenvalue weighted by Crippen LogP contribution is -2.40. The van der Waals surface area contributed by atoms with Crippen LogP contribution in [-0.2, 0) is 11.8 Å². The fraction of sp³-hybridized carbons (Fsp3) is 0.471. The van der Waals surface area contributed by atoms with Gasteiger partial charge in [-0.15, -0.1) is 10.2 Å². The number of likely N-dealkylation sites (tertiary alicyclic amines) is 1. The molecule has 1 amide bonds. The summed E-state index contributed by atoms with van der Waals surface area (Å²) in [6.45, 7) is 3.88. The predicted octanol–water partition coefficient (Wildman–Crippen LogP) is 2.97. The number of piperidine rings is 1. The molecule has 0 spiro atoms. The van der Waals surface area contributed by atoms with Crippen molar-refractivity contribution in [1.82, 2.24) is 19.7 Å². The van der Waals surface area contributed by atoms with Gasteiger partial charge in [-0.2, -0.15) is 0 Å². The molecule has 0 bridgehead atoms. The van der Waals surface area contributed by atoms with Crippen LogP contribution in [0.3, 0.4) is 0 Å². The first-order valence-electron chi connectivity index (χ1n) is 8.10. The Kier molecular flexibility index (Phi) is 5.18. The van der Waals surface area contributed by atoms with Crippen molar-refractivity contribution in [2.75, 3.05) is 18.8 Å². The summed E-state index contributed by atoms with van der Waals surface area (Å²) in [5.74, 6) is 1.47. The maximum Gasteiger partial charge on any atom is 0.233 e. The minimum atomic E-state index is -0.281. The number of rotatable bonds is 4. The van der Waals surface area contributed by atoms with Gasteiger partial charge in [0.15, 0.2) is 11.0 Å². The molecule has 2 heterocycles. The molecule has 3 rings (SSSR count). The Labute approximate surface area is 145 Å². The molecule has 1 atom stereocenters. The third-order valence-corrected chi connectivity index (χ3v) is 5.28. The normalized spacial score (nSPS) is 18.0. The molecule has 128 valence electrons. The summed E-state index contributed by atoms with van der Waals surface area (Å²) in [6, 6.07) is 6.15. The molecule has 2 aromatic rings. The SMILES string of the molecule is C[C@@H]1CCCN(C(=O)CSc2nnc(-c3ccc(F)cc3)n2C)C1. The molecule has 0 radical (unpaired) electrons. The minimum Gasteiger partial charge on any atom is -0.342 e. The van der Waals surface area contributed by atoms with Gasteiger partial charge in [-0.05, 0) is 43.0 Å². The zero-order chi connectivity index (χ0) is 17.1. The lowest BCUT2D eigenvalue weighted by Gasteiger charge is -2.30. The van der Waals surface area contributed by atoms with Crippen molar-refractivity contribution in [3.8, 4) is 11.4 Å². The van der Waals surface area contributed by atoms with Gasteiger partial charge in [0, 0.05) is 25.7 Å². The molecule has 1 aliphatic heterocycles.